The summed E-state index contributed by atoms with van der Waals surface area (Å²) in [5.74, 6) is 0.559. The lowest BCUT2D eigenvalue weighted by atomic mass is 10.0. The number of likely N-dealkylation sites (tertiary alicyclic amines) is 1. The van der Waals surface area contributed by atoms with Gasteiger partial charge >= 0.3 is 0 Å². The van der Waals surface area contributed by atoms with Crippen molar-refractivity contribution in [3.63, 3.8) is 0 Å². The summed E-state index contributed by atoms with van der Waals surface area (Å²) in [7, 11) is 0. The molecule has 1 saturated heterocycles. The van der Waals surface area contributed by atoms with Crippen molar-refractivity contribution in [2.75, 3.05) is 6.54 Å². The van der Waals surface area contributed by atoms with Crippen LogP contribution in [0.5, 0.6) is 0 Å². The van der Waals surface area contributed by atoms with Crippen LogP contribution in [0.3, 0.4) is 0 Å². The maximum Gasteiger partial charge on any atom is 0.225 e. The van der Waals surface area contributed by atoms with E-state index in [2.05, 4.69) is 17.5 Å². The van der Waals surface area contributed by atoms with Gasteiger partial charge in [0.2, 0.25) is 11.8 Å². The topological polar surface area (TPSA) is 49.4 Å². The molecule has 0 bridgehead atoms. The largest absolute Gasteiger partial charge is 0.351 e. The molecule has 0 spiro atoms. The van der Waals surface area contributed by atoms with Crippen LogP contribution in [0.15, 0.2) is 42.5 Å². The summed E-state index contributed by atoms with van der Waals surface area (Å²) in [6.07, 6.45) is 7.36. The monoisotopic (exact) mass is 298 g/mol. The van der Waals surface area contributed by atoms with Gasteiger partial charge in [-0.3, -0.25) is 9.59 Å². The zero-order valence-electron chi connectivity index (χ0n) is 12.7. The molecule has 1 aromatic carbocycles. The van der Waals surface area contributed by atoms with Crippen LogP contribution in [-0.2, 0) is 16.1 Å². The molecule has 1 aliphatic carbocycles. The number of hydrogen-bond donors (Lipinski definition) is 1. The molecular formula is C18H22N2O2. The highest BCUT2D eigenvalue weighted by molar-refractivity contribution is 5.82. The van der Waals surface area contributed by atoms with Gasteiger partial charge in [0, 0.05) is 25.9 Å². The Hall–Kier alpha value is -2.10. The molecular weight excluding hydrogens is 276 g/mol. The summed E-state index contributed by atoms with van der Waals surface area (Å²) in [6.45, 7) is 1.23. The second-order valence-electron chi connectivity index (χ2n) is 6.20. The van der Waals surface area contributed by atoms with Crippen molar-refractivity contribution in [1.82, 2.24) is 10.2 Å². The Bertz CT molecular complexity index is 568. The van der Waals surface area contributed by atoms with Gasteiger partial charge in [-0.05, 0) is 24.3 Å². The minimum atomic E-state index is -0.0471. The minimum Gasteiger partial charge on any atom is -0.351 e. The Labute approximate surface area is 131 Å². The van der Waals surface area contributed by atoms with Crippen LogP contribution >= 0.6 is 0 Å². The van der Waals surface area contributed by atoms with Crippen molar-refractivity contribution in [2.24, 2.45) is 5.92 Å². The number of benzene rings is 1. The van der Waals surface area contributed by atoms with Gasteiger partial charge in [0.05, 0.1) is 6.04 Å². The second-order valence-corrected chi connectivity index (χ2v) is 6.20. The number of nitrogens with zero attached hydrogens (tertiary/aromatic N) is 1. The van der Waals surface area contributed by atoms with Crippen LogP contribution < -0.4 is 5.32 Å². The first-order valence-corrected chi connectivity index (χ1v) is 7.98. The van der Waals surface area contributed by atoms with Crippen LogP contribution in [-0.4, -0.2) is 29.3 Å². The molecule has 2 unspecified atom stereocenters. The van der Waals surface area contributed by atoms with Gasteiger partial charge in [-0.15, -0.1) is 0 Å². The highest BCUT2D eigenvalue weighted by atomic mass is 16.2. The van der Waals surface area contributed by atoms with E-state index >= 15 is 0 Å². The van der Waals surface area contributed by atoms with E-state index in [0.717, 1.165) is 18.4 Å². The predicted octanol–water partition coefficient (Wildman–Crippen LogP) is 2.26. The number of carbonyl (C=O) groups is 2. The highest BCUT2D eigenvalue weighted by Gasteiger charge is 2.30. The van der Waals surface area contributed by atoms with Crippen LogP contribution in [0.2, 0.25) is 0 Å². The standard InChI is InChI=1S/C18H22N2O2/c21-17(10-14-6-4-5-7-14)19-16-11-18(22)20(13-16)12-15-8-2-1-3-9-15/h1-4,6,8-9,14,16H,5,7,10-13H2,(H,19,21). The van der Waals surface area contributed by atoms with Gasteiger partial charge in [0.15, 0.2) is 0 Å². The van der Waals surface area contributed by atoms with Crippen molar-refractivity contribution in [2.45, 2.75) is 38.3 Å². The lowest BCUT2D eigenvalue weighted by molar-refractivity contribution is -0.128. The third-order valence-electron chi connectivity index (χ3n) is 4.36. The Morgan fingerprint density at radius 2 is 2.09 bits per heavy atom. The first-order chi connectivity index (χ1) is 10.7. The number of nitrogens with one attached hydrogen (secondary N) is 1. The van der Waals surface area contributed by atoms with Gasteiger partial charge in [0.25, 0.3) is 0 Å². The lowest BCUT2D eigenvalue weighted by Gasteiger charge is -2.17. The number of carbonyl (C=O) groups excluding carboxylic acids is 2. The lowest BCUT2D eigenvalue weighted by Crippen LogP contribution is -2.37. The van der Waals surface area contributed by atoms with Crippen molar-refractivity contribution >= 4 is 11.8 Å². The van der Waals surface area contributed by atoms with Gasteiger partial charge in [-0.25, -0.2) is 0 Å². The van der Waals surface area contributed by atoms with E-state index in [1.54, 1.807) is 0 Å². The molecule has 4 nitrogen and oxygen atoms in total. The molecule has 2 atom stereocenters. The summed E-state index contributed by atoms with van der Waals surface area (Å²) < 4.78 is 0. The first kappa shape index (κ1) is 14.8. The quantitative estimate of drug-likeness (QED) is 0.848. The molecule has 0 radical (unpaired) electrons. The third-order valence-corrected chi connectivity index (χ3v) is 4.36. The van der Waals surface area contributed by atoms with E-state index in [4.69, 9.17) is 0 Å². The van der Waals surface area contributed by atoms with E-state index in [9.17, 15) is 9.59 Å². The van der Waals surface area contributed by atoms with Crippen molar-refractivity contribution in [3.05, 3.63) is 48.0 Å². The SMILES string of the molecule is O=C(CC1C=CCC1)NC1CC(=O)N(Cc2ccccc2)C1. The average molecular weight is 298 g/mol. The van der Waals surface area contributed by atoms with Crippen LogP contribution in [0.1, 0.15) is 31.2 Å². The van der Waals surface area contributed by atoms with Gasteiger partial charge < -0.3 is 10.2 Å². The maximum absolute atomic E-state index is 12.1. The molecule has 1 heterocycles. The Morgan fingerprint density at radius 3 is 2.82 bits per heavy atom. The first-order valence-electron chi connectivity index (χ1n) is 7.98. The normalized spacial score (nSPS) is 24.0. The number of allylic oxidation sites excluding steroid dienone is 2. The Kier molecular flexibility index (Phi) is 4.56. The summed E-state index contributed by atoms with van der Waals surface area (Å²) in [4.78, 5) is 26.0. The Balaban J connectivity index is 1.49. The molecule has 4 heteroatoms. The maximum atomic E-state index is 12.1. The smallest absolute Gasteiger partial charge is 0.225 e. The molecule has 1 aromatic rings. The van der Waals surface area contributed by atoms with E-state index in [1.807, 2.05) is 35.2 Å². The zero-order chi connectivity index (χ0) is 15.4. The second kappa shape index (κ2) is 6.77. The molecule has 0 aromatic heterocycles. The molecule has 1 fully saturated rings. The fourth-order valence-electron chi connectivity index (χ4n) is 3.22. The molecule has 0 saturated carbocycles. The molecule has 22 heavy (non-hydrogen) atoms. The average Bonchev–Trinajstić information content (AvgIpc) is 3.11. The summed E-state index contributed by atoms with van der Waals surface area (Å²) >= 11 is 0. The van der Waals surface area contributed by atoms with E-state index < -0.39 is 0 Å². The van der Waals surface area contributed by atoms with Crippen LogP contribution in [0, 0.1) is 5.92 Å². The predicted molar refractivity (Wildman–Crippen MR) is 84.9 cm³/mol. The molecule has 2 amide bonds. The Morgan fingerprint density at radius 1 is 1.27 bits per heavy atom. The van der Waals surface area contributed by atoms with E-state index in [0.29, 0.717) is 31.8 Å². The molecule has 2 aliphatic rings. The zero-order valence-corrected chi connectivity index (χ0v) is 12.7. The third kappa shape index (κ3) is 3.75. The van der Waals surface area contributed by atoms with E-state index in [1.165, 1.54) is 0 Å². The molecule has 116 valence electrons. The summed E-state index contributed by atoms with van der Waals surface area (Å²) in [5.41, 5.74) is 1.12. The number of amides is 2. The molecule has 1 aliphatic heterocycles. The van der Waals surface area contributed by atoms with E-state index in [-0.39, 0.29) is 17.9 Å². The summed E-state index contributed by atoms with van der Waals surface area (Å²) in [5, 5.41) is 3.02. The van der Waals surface area contributed by atoms with Crippen molar-refractivity contribution in [1.29, 1.82) is 0 Å². The van der Waals surface area contributed by atoms with Crippen LogP contribution in [0.4, 0.5) is 0 Å². The van der Waals surface area contributed by atoms with Crippen LogP contribution in [0.25, 0.3) is 0 Å². The fraction of sp³-hybridized carbons (Fsp3) is 0.444. The van der Waals surface area contributed by atoms with Gasteiger partial charge in [-0.2, -0.15) is 0 Å². The van der Waals surface area contributed by atoms with Gasteiger partial charge in [0.1, 0.15) is 0 Å². The van der Waals surface area contributed by atoms with Crippen molar-refractivity contribution in [3.8, 4) is 0 Å². The van der Waals surface area contributed by atoms with Crippen molar-refractivity contribution < 1.29 is 9.59 Å². The number of hydrogen-bond acceptors (Lipinski definition) is 2. The van der Waals surface area contributed by atoms with Gasteiger partial charge in [-0.1, -0.05) is 42.5 Å². The fourth-order valence-corrected chi connectivity index (χ4v) is 3.22. The molecule has 3 rings (SSSR count). The summed E-state index contributed by atoms with van der Waals surface area (Å²) in [6, 6.07) is 9.91. The molecule has 1 N–H and O–H groups in total. The highest BCUT2D eigenvalue weighted by Crippen LogP contribution is 2.21. The minimum absolute atomic E-state index is 0.0471. The number of rotatable bonds is 5.